The van der Waals surface area contributed by atoms with E-state index in [0.29, 0.717) is 11.3 Å². The molecular formula is C14H16ClNO5. The van der Waals surface area contributed by atoms with Crippen LogP contribution in [0.5, 0.6) is 5.75 Å². The molecule has 0 heterocycles. The van der Waals surface area contributed by atoms with E-state index in [0.717, 1.165) is 0 Å². The Kier molecular flexibility index (Phi) is 6.05. The number of halogens is 1. The van der Waals surface area contributed by atoms with Crippen molar-refractivity contribution in [3.8, 4) is 5.75 Å². The number of benzene rings is 1. The van der Waals surface area contributed by atoms with Crippen molar-refractivity contribution in [3.05, 3.63) is 34.9 Å². The molecule has 114 valence electrons. The molecule has 1 rings (SSSR count). The summed E-state index contributed by atoms with van der Waals surface area (Å²) in [4.78, 5) is 22.8. The quantitative estimate of drug-likeness (QED) is 0.815. The van der Waals surface area contributed by atoms with Crippen molar-refractivity contribution < 1.29 is 24.2 Å². The monoisotopic (exact) mass is 313 g/mol. The summed E-state index contributed by atoms with van der Waals surface area (Å²) >= 11 is 5.93. The average Bonchev–Trinajstić information content (AvgIpc) is 2.46. The molecule has 1 unspecified atom stereocenters. The fourth-order valence-electron chi connectivity index (χ4n) is 1.46. The number of rotatable bonds is 5. The maximum absolute atomic E-state index is 11.8. The van der Waals surface area contributed by atoms with Crippen molar-refractivity contribution in [2.75, 3.05) is 12.4 Å². The number of aliphatic carboxylic acids is 1. The highest BCUT2D eigenvalue weighted by Crippen LogP contribution is 2.27. The molecule has 0 saturated heterocycles. The molecule has 0 radical (unpaired) electrons. The average molecular weight is 314 g/mol. The van der Waals surface area contributed by atoms with Gasteiger partial charge in [-0.25, -0.2) is 9.59 Å². The highest BCUT2D eigenvalue weighted by Gasteiger charge is 2.24. The summed E-state index contributed by atoms with van der Waals surface area (Å²) in [5, 5.41) is 11.7. The summed E-state index contributed by atoms with van der Waals surface area (Å²) in [6, 6.07) is 4.67. The van der Waals surface area contributed by atoms with Gasteiger partial charge in [-0.15, -0.1) is 0 Å². The number of carbonyl (C=O) groups excluding carboxylic acids is 1. The van der Waals surface area contributed by atoms with Crippen molar-refractivity contribution in [2.24, 2.45) is 0 Å². The highest BCUT2D eigenvalue weighted by molar-refractivity contribution is 6.33. The topological polar surface area (TPSA) is 84.9 Å². The molecule has 0 aliphatic carbocycles. The van der Waals surface area contributed by atoms with Crippen LogP contribution in [0, 0.1) is 0 Å². The van der Waals surface area contributed by atoms with E-state index in [9.17, 15) is 9.59 Å². The molecule has 0 saturated carbocycles. The zero-order valence-electron chi connectivity index (χ0n) is 11.8. The second-order valence-corrected chi connectivity index (χ2v) is 4.53. The molecule has 2 N–H and O–H groups in total. The van der Waals surface area contributed by atoms with Crippen molar-refractivity contribution in [2.45, 2.75) is 20.0 Å². The number of ether oxygens (including phenoxy) is 2. The van der Waals surface area contributed by atoms with Crippen LogP contribution in [0.1, 0.15) is 13.8 Å². The normalized spacial score (nSPS) is 12.5. The van der Waals surface area contributed by atoms with E-state index in [1.54, 1.807) is 32.1 Å². The Bertz CT molecular complexity index is 570. The molecule has 1 atom stereocenters. The van der Waals surface area contributed by atoms with E-state index < -0.39 is 18.2 Å². The van der Waals surface area contributed by atoms with E-state index in [-0.39, 0.29) is 10.7 Å². The van der Waals surface area contributed by atoms with Gasteiger partial charge in [0.1, 0.15) is 5.75 Å². The van der Waals surface area contributed by atoms with Gasteiger partial charge in [0.2, 0.25) is 6.10 Å². The minimum absolute atomic E-state index is 0.267. The standard InChI is InChI=1S/C14H16ClNO5/c1-4-8(2)12(13(17)18)21-14(19)16-11-7-9(20-3)5-6-10(11)15/h4-7,12H,1-3H3,(H,16,19)(H,17,18). The first-order valence-corrected chi connectivity index (χ1v) is 6.43. The third kappa shape index (κ3) is 4.68. The van der Waals surface area contributed by atoms with Crippen LogP contribution < -0.4 is 10.1 Å². The molecule has 21 heavy (non-hydrogen) atoms. The number of methoxy groups -OCH3 is 1. The first-order valence-electron chi connectivity index (χ1n) is 6.05. The first kappa shape index (κ1) is 16.8. The van der Waals surface area contributed by atoms with E-state index in [4.69, 9.17) is 26.2 Å². The number of allylic oxidation sites excluding steroid dienone is 1. The SMILES string of the molecule is CC=C(C)C(OC(=O)Nc1cc(OC)ccc1Cl)C(=O)O. The smallest absolute Gasteiger partial charge is 0.412 e. The van der Waals surface area contributed by atoms with E-state index >= 15 is 0 Å². The maximum Gasteiger partial charge on any atom is 0.412 e. The second kappa shape index (κ2) is 7.54. The summed E-state index contributed by atoms with van der Waals surface area (Å²) in [5.41, 5.74) is 0.678. The Morgan fingerprint density at radius 2 is 2.10 bits per heavy atom. The van der Waals surface area contributed by atoms with Crippen LogP contribution in [-0.4, -0.2) is 30.4 Å². The molecule has 0 fully saturated rings. The van der Waals surface area contributed by atoms with Crippen molar-refractivity contribution >= 4 is 29.4 Å². The lowest BCUT2D eigenvalue weighted by Crippen LogP contribution is -2.30. The number of hydrogen-bond acceptors (Lipinski definition) is 4. The fourth-order valence-corrected chi connectivity index (χ4v) is 1.63. The molecule has 1 aromatic carbocycles. The van der Waals surface area contributed by atoms with E-state index in [1.807, 2.05) is 0 Å². The molecule has 0 aliphatic rings. The lowest BCUT2D eigenvalue weighted by molar-refractivity contribution is -0.144. The largest absolute Gasteiger partial charge is 0.497 e. The fraction of sp³-hybridized carbons (Fsp3) is 0.286. The van der Waals surface area contributed by atoms with Gasteiger partial charge >= 0.3 is 12.1 Å². The molecule has 6 nitrogen and oxygen atoms in total. The lowest BCUT2D eigenvalue weighted by atomic mass is 10.1. The third-order valence-electron chi connectivity index (χ3n) is 2.73. The van der Waals surface area contributed by atoms with Gasteiger partial charge in [0.15, 0.2) is 0 Å². The Hall–Kier alpha value is -2.21. The predicted molar refractivity (Wildman–Crippen MR) is 79.0 cm³/mol. The van der Waals surface area contributed by atoms with Crippen molar-refractivity contribution in [3.63, 3.8) is 0 Å². The number of carboxylic acid groups (broad SMARTS) is 1. The summed E-state index contributed by atoms with van der Waals surface area (Å²) in [6.07, 6.45) is -0.706. The minimum Gasteiger partial charge on any atom is -0.497 e. The second-order valence-electron chi connectivity index (χ2n) is 4.13. The number of nitrogens with one attached hydrogen (secondary N) is 1. The van der Waals surface area contributed by atoms with E-state index in [1.165, 1.54) is 13.2 Å². The molecule has 7 heteroatoms. The van der Waals surface area contributed by atoms with Crippen LogP contribution in [-0.2, 0) is 9.53 Å². The van der Waals surface area contributed by atoms with Gasteiger partial charge in [0, 0.05) is 6.07 Å². The van der Waals surface area contributed by atoms with E-state index in [2.05, 4.69) is 5.32 Å². The zero-order chi connectivity index (χ0) is 16.0. The Morgan fingerprint density at radius 3 is 2.62 bits per heavy atom. The molecule has 0 aliphatic heterocycles. The predicted octanol–water partition coefficient (Wildman–Crippen LogP) is 3.32. The van der Waals surface area contributed by atoms with Gasteiger partial charge < -0.3 is 14.6 Å². The number of carboxylic acids is 1. The number of carbonyl (C=O) groups is 2. The molecule has 1 aromatic rings. The molecule has 0 spiro atoms. The summed E-state index contributed by atoms with van der Waals surface area (Å²) in [5.74, 6) is -0.758. The third-order valence-corrected chi connectivity index (χ3v) is 3.06. The van der Waals surface area contributed by atoms with Crippen LogP contribution in [0.2, 0.25) is 5.02 Å². The van der Waals surface area contributed by atoms with Gasteiger partial charge in [-0.1, -0.05) is 17.7 Å². The van der Waals surface area contributed by atoms with Gasteiger partial charge in [-0.2, -0.15) is 0 Å². The number of anilines is 1. The van der Waals surface area contributed by atoms with Crippen molar-refractivity contribution in [1.29, 1.82) is 0 Å². The molecule has 0 aromatic heterocycles. The van der Waals surface area contributed by atoms with Crippen LogP contribution in [0.25, 0.3) is 0 Å². The van der Waals surface area contributed by atoms with Crippen LogP contribution >= 0.6 is 11.6 Å². The maximum atomic E-state index is 11.8. The highest BCUT2D eigenvalue weighted by atomic mass is 35.5. The molecule has 1 amide bonds. The lowest BCUT2D eigenvalue weighted by Gasteiger charge is -2.15. The first-order chi connectivity index (χ1) is 9.88. The minimum atomic E-state index is -1.35. The Balaban J connectivity index is 2.84. The molecule has 0 bridgehead atoms. The van der Waals surface area contributed by atoms with Gasteiger partial charge in [-0.05, 0) is 31.6 Å². The van der Waals surface area contributed by atoms with Gasteiger partial charge in [0.05, 0.1) is 17.8 Å². The Labute approximate surface area is 127 Å². The summed E-state index contributed by atoms with van der Waals surface area (Å²) in [7, 11) is 1.47. The summed E-state index contributed by atoms with van der Waals surface area (Å²) < 4.78 is 9.89. The van der Waals surface area contributed by atoms with Gasteiger partial charge in [0.25, 0.3) is 0 Å². The Morgan fingerprint density at radius 1 is 1.43 bits per heavy atom. The van der Waals surface area contributed by atoms with Crippen LogP contribution in [0.3, 0.4) is 0 Å². The molecular weight excluding hydrogens is 298 g/mol. The number of amides is 1. The van der Waals surface area contributed by atoms with Crippen molar-refractivity contribution in [1.82, 2.24) is 0 Å². The number of hydrogen-bond donors (Lipinski definition) is 2. The van der Waals surface area contributed by atoms with Gasteiger partial charge in [-0.3, -0.25) is 5.32 Å². The van der Waals surface area contributed by atoms with Crippen LogP contribution in [0.15, 0.2) is 29.8 Å². The zero-order valence-corrected chi connectivity index (χ0v) is 12.6. The van der Waals surface area contributed by atoms with Crippen LogP contribution in [0.4, 0.5) is 10.5 Å². The summed E-state index contributed by atoms with van der Waals surface area (Å²) in [6.45, 7) is 3.22.